The molecule has 0 radical (unpaired) electrons. The van der Waals surface area contributed by atoms with Gasteiger partial charge in [-0.15, -0.1) is 0 Å². The third kappa shape index (κ3) is 4.09. The van der Waals surface area contributed by atoms with E-state index in [4.69, 9.17) is 9.47 Å². The maximum Gasteiger partial charge on any atom is 0.309 e. The molecule has 1 aliphatic carbocycles. The number of carbonyl (C=O) groups excluding carboxylic acids is 1. The second-order valence-electron chi connectivity index (χ2n) is 7.27. The van der Waals surface area contributed by atoms with Crippen LogP contribution in [0.2, 0.25) is 0 Å². The number of rotatable bonds is 7. The van der Waals surface area contributed by atoms with Crippen molar-refractivity contribution in [1.82, 2.24) is 9.78 Å². The zero-order valence-corrected chi connectivity index (χ0v) is 16.2. The van der Waals surface area contributed by atoms with E-state index < -0.39 is 0 Å². The summed E-state index contributed by atoms with van der Waals surface area (Å²) in [7, 11) is 1.43. The molecule has 5 heteroatoms. The zero-order valence-electron chi connectivity index (χ0n) is 16.2. The number of carbonyl (C=O) groups is 1. The molecule has 1 aliphatic rings. The van der Waals surface area contributed by atoms with E-state index in [1.807, 2.05) is 41.9 Å². The number of esters is 1. The van der Waals surface area contributed by atoms with Crippen LogP contribution in [0.15, 0.2) is 60.8 Å². The van der Waals surface area contributed by atoms with Crippen molar-refractivity contribution < 1.29 is 14.3 Å². The van der Waals surface area contributed by atoms with Crippen molar-refractivity contribution in [2.75, 3.05) is 13.7 Å². The molecule has 1 heterocycles. The predicted molar refractivity (Wildman–Crippen MR) is 107 cm³/mol. The Bertz CT molecular complexity index is 948. The maximum absolute atomic E-state index is 11.5. The largest absolute Gasteiger partial charge is 0.493 e. The normalized spacial score (nSPS) is 17.9. The molecule has 144 valence electrons. The lowest BCUT2D eigenvalue weighted by molar-refractivity contribution is -0.142. The molecule has 2 aromatic carbocycles. The van der Waals surface area contributed by atoms with Crippen LogP contribution in [0.5, 0.6) is 5.75 Å². The Kier molecular flexibility index (Phi) is 5.15. The van der Waals surface area contributed by atoms with E-state index in [1.54, 1.807) is 0 Å². The van der Waals surface area contributed by atoms with Crippen LogP contribution in [-0.4, -0.2) is 29.5 Å². The second kappa shape index (κ2) is 7.89. The van der Waals surface area contributed by atoms with Crippen molar-refractivity contribution in [3.8, 4) is 16.9 Å². The first kappa shape index (κ1) is 18.3. The van der Waals surface area contributed by atoms with Gasteiger partial charge in [0.05, 0.1) is 31.9 Å². The summed E-state index contributed by atoms with van der Waals surface area (Å²) in [6.45, 7) is 3.33. The third-order valence-electron chi connectivity index (χ3n) is 5.19. The Morgan fingerprint density at radius 1 is 1.14 bits per heavy atom. The quantitative estimate of drug-likeness (QED) is 0.583. The lowest BCUT2D eigenvalue weighted by Crippen LogP contribution is -2.08. The number of benzene rings is 2. The van der Waals surface area contributed by atoms with Gasteiger partial charge in [-0.25, -0.2) is 0 Å². The molecule has 28 heavy (non-hydrogen) atoms. The molecule has 0 aliphatic heterocycles. The van der Waals surface area contributed by atoms with Gasteiger partial charge in [0.25, 0.3) is 0 Å². The SMILES string of the molecule is COC(=O)C1CC1COc1ccc(-c2cn(Cc3ccccc3)nc2C)cc1. The molecule has 1 aromatic heterocycles. The first-order chi connectivity index (χ1) is 13.6. The summed E-state index contributed by atoms with van der Waals surface area (Å²) < 4.78 is 12.6. The summed E-state index contributed by atoms with van der Waals surface area (Å²) >= 11 is 0. The van der Waals surface area contributed by atoms with Crippen molar-refractivity contribution >= 4 is 5.97 Å². The number of hydrogen-bond acceptors (Lipinski definition) is 4. The number of ether oxygens (including phenoxy) is 2. The minimum atomic E-state index is -0.132. The molecule has 2 unspecified atom stereocenters. The monoisotopic (exact) mass is 376 g/mol. The van der Waals surface area contributed by atoms with Crippen LogP contribution in [-0.2, 0) is 16.1 Å². The highest BCUT2D eigenvalue weighted by Crippen LogP contribution is 2.39. The molecule has 0 N–H and O–H groups in total. The molecule has 2 atom stereocenters. The van der Waals surface area contributed by atoms with E-state index in [2.05, 4.69) is 35.6 Å². The topological polar surface area (TPSA) is 53.4 Å². The van der Waals surface area contributed by atoms with E-state index >= 15 is 0 Å². The van der Waals surface area contributed by atoms with Crippen molar-refractivity contribution in [2.45, 2.75) is 19.9 Å². The summed E-state index contributed by atoms with van der Waals surface area (Å²) in [5, 5.41) is 4.65. The van der Waals surface area contributed by atoms with E-state index in [9.17, 15) is 4.79 Å². The summed E-state index contributed by atoms with van der Waals surface area (Å²) in [6, 6.07) is 18.4. The lowest BCUT2D eigenvalue weighted by atomic mass is 10.1. The third-order valence-corrected chi connectivity index (χ3v) is 5.19. The van der Waals surface area contributed by atoms with Gasteiger partial charge >= 0.3 is 5.97 Å². The van der Waals surface area contributed by atoms with Gasteiger partial charge in [-0.3, -0.25) is 9.48 Å². The molecule has 5 nitrogen and oxygen atoms in total. The fourth-order valence-electron chi connectivity index (χ4n) is 3.46. The smallest absolute Gasteiger partial charge is 0.309 e. The fourth-order valence-corrected chi connectivity index (χ4v) is 3.46. The van der Waals surface area contributed by atoms with Crippen molar-refractivity contribution in [3.05, 3.63) is 72.1 Å². The van der Waals surface area contributed by atoms with Crippen LogP contribution in [0.3, 0.4) is 0 Å². The molecule has 0 spiro atoms. The van der Waals surface area contributed by atoms with Crippen LogP contribution < -0.4 is 4.74 Å². The number of nitrogens with zero attached hydrogens (tertiary/aromatic N) is 2. The molecular formula is C23H24N2O3. The Labute approximate surface area is 164 Å². The van der Waals surface area contributed by atoms with Crippen molar-refractivity contribution in [2.24, 2.45) is 11.8 Å². The van der Waals surface area contributed by atoms with Gasteiger partial charge in [-0.05, 0) is 36.6 Å². The molecule has 4 rings (SSSR count). The molecule has 0 amide bonds. The van der Waals surface area contributed by atoms with Gasteiger partial charge in [0.2, 0.25) is 0 Å². The number of aromatic nitrogens is 2. The van der Waals surface area contributed by atoms with Gasteiger partial charge in [-0.2, -0.15) is 5.10 Å². The summed E-state index contributed by atoms with van der Waals surface area (Å²) in [6.07, 6.45) is 2.94. The highest BCUT2D eigenvalue weighted by molar-refractivity contribution is 5.75. The zero-order chi connectivity index (χ0) is 19.5. The van der Waals surface area contributed by atoms with Gasteiger partial charge in [0.15, 0.2) is 0 Å². The fraction of sp³-hybridized carbons (Fsp3) is 0.304. The molecule has 0 bridgehead atoms. The van der Waals surface area contributed by atoms with E-state index in [1.165, 1.54) is 12.7 Å². The lowest BCUT2D eigenvalue weighted by Gasteiger charge is -2.07. The first-order valence-corrected chi connectivity index (χ1v) is 9.53. The number of aryl methyl sites for hydroxylation is 1. The van der Waals surface area contributed by atoms with Crippen LogP contribution in [0.25, 0.3) is 11.1 Å². The highest BCUT2D eigenvalue weighted by Gasteiger charge is 2.44. The second-order valence-corrected chi connectivity index (χ2v) is 7.27. The van der Waals surface area contributed by atoms with E-state index in [0.717, 1.165) is 35.5 Å². The standard InChI is InChI=1S/C23H24N2O3/c1-16-22(14-25(24-16)13-17-6-4-3-5-7-17)18-8-10-20(11-9-18)28-15-19-12-21(19)23(26)27-2/h3-11,14,19,21H,12-13,15H2,1-2H3. The number of hydrogen-bond donors (Lipinski definition) is 0. The van der Waals surface area contributed by atoms with Crippen LogP contribution in [0.4, 0.5) is 0 Å². The summed E-state index contributed by atoms with van der Waals surface area (Å²) in [5.41, 5.74) is 4.47. The Balaban J connectivity index is 1.38. The summed E-state index contributed by atoms with van der Waals surface area (Å²) in [5.74, 6) is 0.952. The average Bonchev–Trinajstić information content (AvgIpc) is 3.42. The predicted octanol–water partition coefficient (Wildman–Crippen LogP) is 4.09. The maximum atomic E-state index is 11.5. The molecular weight excluding hydrogens is 352 g/mol. The van der Waals surface area contributed by atoms with E-state index in [0.29, 0.717) is 6.61 Å². The first-order valence-electron chi connectivity index (χ1n) is 9.53. The van der Waals surface area contributed by atoms with Crippen molar-refractivity contribution in [3.63, 3.8) is 0 Å². The van der Waals surface area contributed by atoms with Gasteiger partial charge in [0, 0.05) is 17.7 Å². The molecule has 3 aromatic rings. The van der Waals surface area contributed by atoms with Gasteiger partial charge < -0.3 is 9.47 Å². The van der Waals surface area contributed by atoms with Gasteiger partial charge in [-0.1, -0.05) is 42.5 Å². The summed E-state index contributed by atoms with van der Waals surface area (Å²) in [4.78, 5) is 11.5. The van der Waals surface area contributed by atoms with Crippen LogP contribution >= 0.6 is 0 Å². The Morgan fingerprint density at radius 3 is 2.61 bits per heavy atom. The van der Waals surface area contributed by atoms with Crippen molar-refractivity contribution in [1.29, 1.82) is 0 Å². The van der Waals surface area contributed by atoms with Crippen LogP contribution in [0, 0.1) is 18.8 Å². The Hall–Kier alpha value is -3.08. The van der Waals surface area contributed by atoms with E-state index in [-0.39, 0.29) is 17.8 Å². The minimum absolute atomic E-state index is 0.00220. The Morgan fingerprint density at radius 2 is 1.89 bits per heavy atom. The van der Waals surface area contributed by atoms with Gasteiger partial charge in [0.1, 0.15) is 5.75 Å². The minimum Gasteiger partial charge on any atom is -0.493 e. The highest BCUT2D eigenvalue weighted by atomic mass is 16.5. The van der Waals surface area contributed by atoms with Crippen LogP contribution in [0.1, 0.15) is 17.7 Å². The average molecular weight is 376 g/mol. The molecule has 0 saturated heterocycles. The molecule has 1 saturated carbocycles. The number of methoxy groups -OCH3 is 1. The molecule has 1 fully saturated rings.